The molecule has 25 nitrogen and oxygen atoms in total. The van der Waals surface area contributed by atoms with E-state index in [1.165, 1.54) is 5.57 Å². The summed E-state index contributed by atoms with van der Waals surface area (Å²) >= 11 is 0. The fourth-order valence-electron chi connectivity index (χ4n) is 24.6. The van der Waals surface area contributed by atoms with Gasteiger partial charge in [-0.05, 0) is 214 Å². The quantitative estimate of drug-likeness (QED) is 0.0724. The van der Waals surface area contributed by atoms with Crippen molar-refractivity contribution in [3.8, 4) is 0 Å². The van der Waals surface area contributed by atoms with Crippen molar-refractivity contribution in [2.45, 2.75) is 469 Å². The van der Waals surface area contributed by atoms with Crippen molar-refractivity contribution in [3.05, 3.63) is 84.5 Å². The van der Waals surface area contributed by atoms with E-state index < -0.39 is 74.8 Å². The summed E-state index contributed by atoms with van der Waals surface area (Å²) in [5, 5.41) is 8.52. The molecule has 19 aliphatic heterocycles. The number of esters is 1. The van der Waals surface area contributed by atoms with Crippen molar-refractivity contribution >= 4 is 44.3 Å². The molecule has 1 aromatic rings. The summed E-state index contributed by atoms with van der Waals surface area (Å²) < 4.78 is 155. The van der Waals surface area contributed by atoms with Crippen LogP contribution in [0.2, 0.25) is 36.3 Å². The summed E-state index contributed by atoms with van der Waals surface area (Å²) in [6.45, 7) is 55.8. The molecule has 19 fully saturated rings. The van der Waals surface area contributed by atoms with Gasteiger partial charge in [0.15, 0.2) is 28.2 Å². The summed E-state index contributed by atoms with van der Waals surface area (Å²) in [6, 6.07) is 8.80. The van der Waals surface area contributed by atoms with Gasteiger partial charge in [-0.2, -0.15) is 15.5 Å². The van der Waals surface area contributed by atoms with Crippen LogP contribution in [0.1, 0.15) is 260 Å². The fraction of sp³-hybridized carbons (Fsp3) is 0.835. The molecule has 0 aromatic heterocycles. The number of fused-ring (bicyclic) bond motifs is 10. The van der Waals surface area contributed by atoms with Gasteiger partial charge >= 0.3 is 57.4 Å². The van der Waals surface area contributed by atoms with E-state index in [0.717, 1.165) is 108 Å². The number of benzene rings is 1. The predicted octanol–water partition coefficient (Wildman–Crippen LogP) is 13.6. The third-order valence-corrected chi connectivity index (χ3v) is 43.9. The molecule has 0 aliphatic carbocycles. The molecule has 0 amide bonds. The summed E-state index contributed by atoms with van der Waals surface area (Å²) in [7, 11) is -7.02. The zero-order valence-corrected chi connectivity index (χ0v) is 88.9. The molecule has 22 bridgehead atoms. The minimum atomic E-state index is -3.93. The minimum absolute atomic E-state index is 0. The molecule has 1 aromatic carbocycles. The van der Waals surface area contributed by atoms with E-state index >= 15 is 0 Å². The predicted molar refractivity (Wildman–Crippen MR) is 496 cm³/mol. The fourth-order valence-corrected chi connectivity index (χ4v) is 27.5. The second-order valence-electron chi connectivity index (χ2n) is 46.2. The minimum Gasteiger partial charge on any atom is -0.857 e. The van der Waals surface area contributed by atoms with Crippen LogP contribution in [0.4, 0.5) is 0 Å². The summed E-state index contributed by atoms with van der Waals surface area (Å²) in [4.78, 5) is 42.5. The third-order valence-electron chi connectivity index (χ3n) is 34.4. The summed E-state index contributed by atoms with van der Waals surface area (Å²) in [5.41, 5.74) is 4.20. The number of ether oxygens (including phenoxy) is 16. The van der Waals surface area contributed by atoms with Crippen LogP contribution in [0.25, 0.3) is 0 Å². The first-order valence-corrected chi connectivity index (χ1v) is 58.0. The van der Waals surface area contributed by atoms with Crippen molar-refractivity contribution in [2.24, 2.45) is 47.3 Å². The van der Waals surface area contributed by atoms with Gasteiger partial charge in [0.05, 0.1) is 116 Å². The largest absolute Gasteiger partial charge is 1.00 e. The Morgan fingerprint density at radius 3 is 1.35 bits per heavy atom. The van der Waals surface area contributed by atoms with Crippen LogP contribution in [0, 0.1) is 47.3 Å². The molecule has 0 radical (unpaired) electrons. The normalized spacial score (nSPS) is 43.9. The number of ketones is 2. The maximum atomic E-state index is 14.5. The molecule has 6 unspecified atom stereocenters. The van der Waals surface area contributed by atoms with Gasteiger partial charge < -0.3 is 89.7 Å². The molecule has 20 rings (SSSR count). The van der Waals surface area contributed by atoms with Crippen molar-refractivity contribution < 1.29 is 168 Å². The van der Waals surface area contributed by atoms with Gasteiger partial charge in [0, 0.05) is 83.8 Å². The maximum absolute atomic E-state index is 14.5. The number of carbonyl (C=O) groups is 3. The first-order chi connectivity index (χ1) is 61.9. The Labute approximate surface area is 832 Å². The van der Waals surface area contributed by atoms with Crippen molar-refractivity contribution in [3.63, 3.8) is 0 Å². The monoisotopic (exact) mass is 1920 g/mol. The summed E-state index contributed by atoms with van der Waals surface area (Å²) in [6.07, 6.45) is 10.3. The maximum Gasteiger partial charge on any atom is 1.00 e. The Bertz CT molecular complexity index is 4310. The number of rotatable bonds is 14. The van der Waals surface area contributed by atoms with Crippen LogP contribution in [-0.4, -0.2) is 252 Å². The average Bonchev–Trinajstić information content (AvgIpc) is 1.55. The van der Waals surface area contributed by atoms with E-state index in [1.54, 1.807) is 24.3 Å². The standard InChI is InChI=1S/C55H82O14SSi.C47H74O10Si.CH3O.K/c1-31(30-60-71(10,11)54(6,7)8)23-44-35(5)41-27-37(56)26-39-18-20-43-48(62-39)52-51-50(65-43)49-47(66-51)29-55(67-49,68-52)22-21-40(63-53(57)36-15-13-12-14-16-36)25-33(3)42(69-70(9,58)59)19-17-38-24-32(2)34(4)45(61-38)28-46(41)64-44;1-25(24-49-58(9,10)46(6,7)8)17-37-29(5)34-21-30(48)20-32-12-14-36-41(52-32)45-44-43(54-36)42-40(55-44)23-47(56-42,57-45)16-15-33-19-27(3)35(50-33)13-11-31-18-26(2)28(4)38(51-31)22-39(34)53-37;1-2;/h12-16,31-32,35,38-52H,3-4,17-30H2,1-2,5-11H3;25-26,29,31-45H,3-4,11-24H2,1-2,5-10H3;1H3;/q;;-1;+1/t31-,32+,35+,38-,39+,40-,41?,42+,43-,44+,45?,46-,47+,48-,49-,50-,51+,52-,55-;25-,26+,29+,31-,32+,33?,34?,35?,36-,37+,38?,39-,40+,41-,42-,43-,44+,45-,47-;;/m00../s1. The number of carbonyl (C=O) groups excluding carboxylic acids is 3. The van der Waals surface area contributed by atoms with Crippen LogP contribution in [0.3, 0.4) is 0 Å². The topological polar surface area (TPSA) is 284 Å². The summed E-state index contributed by atoms with van der Waals surface area (Å²) in [5.74, 6) is -0.553. The Morgan fingerprint density at radius 1 is 0.470 bits per heavy atom. The molecular weight excluding hydrogens is 1760 g/mol. The first-order valence-electron chi connectivity index (χ1n) is 50.4. The van der Waals surface area contributed by atoms with Gasteiger partial charge in [-0.25, -0.2) is 4.79 Å². The van der Waals surface area contributed by atoms with Gasteiger partial charge in [0.2, 0.25) is 0 Å². The molecule has 19 saturated heterocycles. The van der Waals surface area contributed by atoms with Crippen molar-refractivity contribution in [2.75, 3.05) is 26.6 Å². The van der Waals surface area contributed by atoms with Crippen LogP contribution in [0.5, 0.6) is 0 Å². The SMILES string of the molecule is C=C1C2C[C@@H]3O[C@H](C[C@H](C)CO[Si](C)(C)C(C)(C)C)[C@H](C)C3CC(=O)C[C@H]3CC[C@@H]4O[C@@H]5[C@H]6O[C@@H]7C[C@](CC[C@H](OC(=O)c8ccccc8)CC(=C)[C@H](OS(C)(=O)=O)CC[C@@H](C[C@H]1C)O2)(O[C@H]6[C@H]4O3)O[C@H]57.C=C1CC2CC[C@@]34C[C@H]5O[C@H]6[C@@H](O3)[C@H]3O[C@H](CC[C@@H]3O[C@H]6[C@H]5O4)CC(=O)CC3[C@H](CC4O[C@@H](CCC1O2)C[C@@H](C)C4=C)O[C@H](C[C@H](C)CO[Si](C)(C)C(C)(C)C)[C@@H]3C.C[O-].[K+]. The molecule has 0 saturated carbocycles. The first kappa shape index (κ1) is 105. The van der Waals surface area contributed by atoms with Crippen LogP contribution in [-0.2, 0) is 109 Å². The van der Waals surface area contributed by atoms with Crippen LogP contribution in [0.15, 0.2) is 78.9 Å². The molecular formula is C103H159KO25SSi2. The molecule has 0 N–H and O–H groups in total. The van der Waals surface area contributed by atoms with Crippen molar-refractivity contribution in [1.29, 1.82) is 0 Å². The molecule has 132 heavy (non-hydrogen) atoms. The zero-order valence-electron chi connectivity index (χ0n) is 82.9. The number of Topliss-reactive ketones (excluding diaryl/α,β-unsaturated/α-hetero) is 2. The van der Waals surface area contributed by atoms with E-state index in [-0.39, 0.29) is 262 Å². The second kappa shape index (κ2) is 42.3. The number of hydrogen-bond donors (Lipinski definition) is 0. The van der Waals surface area contributed by atoms with Crippen LogP contribution < -0.4 is 56.5 Å². The second-order valence-corrected chi connectivity index (χ2v) is 57.4. The Hall–Kier alpha value is -1.75. The van der Waals surface area contributed by atoms with E-state index in [1.807, 2.05) is 6.07 Å². The number of hydrogen-bond acceptors (Lipinski definition) is 25. The average molecular weight is 1920 g/mol. The molecule has 38 atom stereocenters. The van der Waals surface area contributed by atoms with E-state index in [9.17, 15) is 22.8 Å². The smallest absolute Gasteiger partial charge is 0.857 e. The van der Waals surface area contributed by atoms with Gasteiger partial charge in [-0.1, -0.05) is 128 Å². The Balaban J connectivity index is 0.000000200. The van der Waals surface area contributed by atoms with E-state index in [4.69, 9.17) is 93.9 Å². The molecule has 19 heterocycles. The van der Waals surface area contributed by atoms with Crippen LogP contribution >= 0.6 is 0 Å². The molecule has 29 heteroatoms. The Kier molecular flexibility index (Phi) is 33.5. The van der Waals surface area contributed by atoms with Gasteiger partial charge in [0.1, 0.15) is 78.7 Å². The molecule has 736 valence electrons. The van der Waals surface area contributed by atoms with Crippen molar-refractivity contribution in [1.82, 2.24) is 0 Å². The zero-order chi connectivity index (χ0) is 93.7. The van der Waals surface area contributed by atoms with E-state index in [0.29, 0.717) is 107 Å². The molecule has 19 aliphatic rings. The third kappa shape index (κ3) is 23.2. The van der Waals surface area contributed by atoms with Gasteiger partial charge in [0.25, 0.3) is 10.1 Å². The van der Waals surface area contributed by atoms with E-state index in [2.05, 4.69) is 136 Å². The van der Waals surface area contributed by atoms with Gasteiger partial charge in [-0.15, -0.1) is 0 Å². The molecule has 2 spiro atoms. The van der Waals surface area contributed by atoms with Gasteiger partial charge in [-0.3, -0.25) is 13.8 Å². The Morgan fingerprint density at radius 2 is 0.886 bits per heavy atom.